The molecule has 0 radical (unpaired) electrons. The van der Waals surface area contributed by atoms with Gasteiger partial charge >= 0.3 is 0 Å². The number of hydrogen-bond acceptors (Lipinski definition) is 7. The molecule has 4 aromatic rings. The lowest BCUT2D eigenvalue weighted by Crippen LogP contribution is -2.48. The van der Waals surface area contributed by atoms with Crippen molar-refractivity contribution in [3.8, 4) is 22.5 Å². The van der Waals surface area contributed by atoms with Gasteiger partial charge in [0.1, 0.15) is 6.04 Å². The molecule has 200 valence electrons. The van der Waals surface area contributed by atoms with Crippen molar-refractivity contribution >= 4 is 11.7 Å². The Balaban J connectivity index is 1.32. The van der Waals surface area contributed by atoms with E-state index in [4.69, 9.17) is 4.74 Å². The van der Waals surface area contributed by atoms with Gasteiger partial charge in [0.05, 0.1) is 13.2 Å². The van der Waals surface area contributed by atoms with E-state index < -0.39 is 6.04 Å². The number of Topliss-reactive ketones (excluding diaryl/α,β-unsaturated/α-hetero) is 1. The molecule has 5 rings (SSSR count). The number of ether oxygens (including phenoxy) is 1. The van der Waals surface area contributed by atoms with Crippen molar-refractivity contribution in [2.45, 2.75) is 25.5 Å². The molecule has 1 fully saturated rings. The molecule has 1 aliphatic heterocycles. The molecule has 0 bridgehead atoms. The minimum absolute atomic E-state index is 0.0876. The van der Waals surface area contributed by atoms with Crippen LogP contribution in [0.15, 0.2) is 78.9 Å². The van der Waals surface area contributed by atoms with Gasteiger partial charge in [-0.2, -0.15) is 5.21 Å². The second kappa shape index (κ2) is 12.6. The Labute approximate surface area is 227 Å². The average Bonchev–Trinajstić information content (AvgIpc) is 3.52. The number of nitrogens with zero attached hydrogens (tertiary/aromatic N) is 4. The molecule has 1 aromatic heterocycles. The Bertz CT molecular complexity index is 1370. The van der Waals surface area contributed by atoms with Crippen LogP contribution < -0.4 is 5.32 Å². The number of hydrogen-bond donors (Lipinski definition) is 2. The molecule has 1 amide bonds. The first kappa shape index (κ1) is 26.4. The standard InChI is InChI=1S/C30H32N6O3/c1-36-17-15-24(16-18-36)30(38)31-27(20-39-19-21-7-3-2-4-8-21)28(37)23-13-11-22(12-14-23)25-9-5-6-10-26(25)29-32-34-35-33-29/h2-14,24,27H,15-20H2,1H3,(H,31,38)(H,32,33,34,35). The molecule has 1 saturated heterocycles. The molecule has 2 N–H and O–H groups in total. The van der Waals surface area contributed by atoms with Gasteiger partial charge in [-0.25, -0.2) is 0 Å². The molecular formula is C30H32N6O3. The highest BCUT2D eigenvalue weighted by Crippen LogP contribution is 2.30. The summed E-state index contributed by atoms with van der Waals surface area (Å²) in [6.07, 6.45) is 1.56. The van der Waals surface area contributed by atoms with E-state index in [1.54, 1.807) is 12.1 Å². The number of aromatic amines is 1. The van der Waals surface area contributed by atoms with E-state index in [0.717, 1.165) is 48.2 Å². The van der Waals surface area contributed by atoms with Gasteiger partial charge in [-0.15, -0.1) is 10.2 Å². The molecule has 0 spiro atoms. The van der Waals surface area contributed by atoms with Crippen LogP contribution >= 0.6 is 0 Å². The summed E-state index contributed by atoms with van der Waals surface area (Å²) in [7, 11) is 2.06. The van der Waals surface area contributed by atoms with Crippen molar-refractivity contribution in [2.24, 2.45) is 5.92 Å². The molecule has 9 heteroatoms. The monoisotopic (exact) mass is 524 g/mol. The summed E-state index contributed by atoms with van der Waals surface area (Å²) < 4.78 is 5.91. The number of carbonyl (C=O) groups is 2. The summed E-state index contributed by atoms with van der Waals surface area (Å²) >= 11 is 0. The van der Waals surface area contributed by atoms with E-state index in [-0.39, 0.29) is 24.2 Å². The lowest BCUT2D eigenvalue weighted by atomic mass is 9.94. The third-order valence-electron chi connectivity index (χ3n) is 7.11. The number of likely N-dealkylation sites (tertiary alicyclic amines) is 1. The number of H-pyrrole nitrogens is 1. The van der Waals surface area contributed by atoms with Crippen molar-refractivity contribution in [1.29, 1.82) is 0 Å². The van der Waals surface area contributed by atoms with Crippen LogP contribution in [-0.4, -0.2) is 70.0 Å². The van der Waals surface area contributed by atoms with Gasteiger partial charge in [0.2, 0.25) is 11.7 Å². The van der Waals surface area contributed by atoms with E-state index in [1.807, 2.05) is 66.7 Å². The lowest BCUT2D eigenvalue weighted by Gasteiger charge is -2.29. The Morgan fingerprint density at radius 3 is 2.36 bits per heavy atom. The number of aromatic nitrogens is 4. The smallest absolute Gasteiger partial charge is 0.223 e. The molecule has 1 aliphatic rings. The molecule has 1 atom stereocenters. The number of tetrazole rings is 1. The zero-order valence-corrected chi connectivity index (χ0v) is 21.9. The summed E-state index contributed by atoms with van der Waals surface area (Å²) in [5.74, 6) is 0.130. The van der Waals surface area contributed by atoms with E-state index in [9.17, 15) is 9.59 Å². The largest absolute Gasteiger partial charge is 0.374 e. The maximum Gasteiger partial charge on any atom is 0.223 e. The normalized spacial score (nSPS) is 15.1. The van der Waals surface area contributed by atoms with E-state index >= 15 is 0 Å². The van der Waals surface area contributed by atoms with Gasteiger partial charge in [-0.1, -0.05) is 78.9 Å². The predicted molar refractivity (Wildman–Crippen MR) is 148 cm³/mol. The topological polar surface area (TPSA) is 113 Å². The molecule has 3 aromatic carbocycles. The van der Waals surface area contributed by atoms with Gasteiger partial charge in [0.15, 0.2) is 5.78 Å². The fraction of sp³-hybridized carbons (Fsp3) is 0.300. The molecule has 9 nitrogen and oxygen atoms in total. The molecule has 39 heavy (non-hydrogen) atoms. The van der Waals surface area contributed by atoms with Gasteiger partial charge in [-0.05, 0) is 54.9 Å². The first-order valence-corrected chi connectivity index (χ1v) is 13.2. The number of benzene rings is 3. The second-order valence-electron chi connectivity index (χ2n) is 9.86. The quantitative estimate of drug-likeness (QED) is 0.304. The molecule has 1 unspecified atom stereocenters. The lowest BCUT2D eigenvalue weighted by molar-refractivity contribution is -0.127. The van der Waals surface area contributed by atoms with Crippen LogP contribution in [0.3, 0.4) is 0 Å². The van der Waals surface area contributed by atoms with Gasteiger partial charge < -0.3 is 15.0 Å². The Morgan fingerprint density at radius 2 is 1.67 bits per heavy atom. The van der Waals surface area contributed by atoms with E-state index in [0.29, 0.717) is 18.0 Å². The summed E-state index contributed by atoms with van der Waals surface area (Å²) in [6, 6.07) is 24.1. The first-order valence-electron chi connectivity index (χ1n) is 13.2. The van der Waals surface area contributed by atoms with Crippen molar-refractivity contribution in [3.63, 3.8) is 0 Å². The van der Waals surface area contributed by atoms with Crippen LogP contribution in [0.5, 0.6) is 0 Å². The van der Waals surface area contributed by atoms with Crippen LogP contribution in [-0.2, 0) is 16.1 Å². The van der Waals surface area contributed by atoms with E-state index in [2.05, 4.69) is 37.9 Å². The van der Waals surface area contributed by atoms with E-state index in [1.165, 1.54) is 0 Å². The number of rotatable bonds is 10. The minimum atomic E-state index is -0.779. The van der Waals surface area contributed by atoms with Crippen LogP contribution in [0, 0.1) is 5.92 Å². The highest BCUT2D eigenvalue weighted by atomic mass is 16.5. The molecule has 0 saturated carbocycles. The van der Waals surface area contributed by atoms with Crippen molar-refractivity contribution in [3.05, 3.63) is 90.0 Å². The Kier molecular flexibility index (Phi) is 8.50. The van der Waals surface area contributed by atoms with Crippen LogP contribution in [0.1, 0.15) is 28.8 Å². The molecular weight excluding hydrogens is 492 g/mol. The second-order valence-corrected chi connectivity index (χ2v) is 9.86. The number of carbonyl (C=O) groups excluding carboxylic acids is 2. The zero-order valence-electron chi connectivity index (χ0n) is 21.9. The summed E-state index contributed by atoms with van der Waals surface area (Å²) in [4.78, 5) is 29.0. The molecule has 2 heterocycles. The number of ketones is 1. The van der Waals surface area contributed by atoms with Gasteiger partial charge in [-0.3, -0.25) is 9.59 Å². The Morgan fingerprint density at radius 1 is 0.974 bits per heavy atom. The maximum atomic E-state index is 13.6. The van der Waals surface area contributed by atoms with Crippen molar-refractivity contribution < 1.29 is 14.3 Å². The van der Waals surface area contributed by atoms with Crippen LogP contribution in [0.25, 0.3) is 22.5 Å². The predicted octanol–water partition coefficient (Wildman–Crippen LogP) is 3.76. The third kappa shape index (κ3) is 6.63. The highest BCUT2D eigenvalue weighted by molar-refractivity contribution is 6.02. The fourth-order valence-corrected chi connectivity index (χ4v) is 4.83. The van der Waals surface area contributed by atoms with Gasteiger partial charge in [0.25, 0.3) is 0 Å². The summed E-state index contributed by atoms with van der Waals surface area (Å²) in [5.41, 5.74) is 4.20. The van der Waals surface area contributed by atoms with Crippen LogP contribution in [0.4, 0.5) is 0 Å². The SMILES string of the molecule is CN1CCC(C(=O)NC(COCc2ccccc2)C(=O)c2ccc(-c3ccccc3-c3nn[nH]n3)cc2)CC1. The average molecular weight is 525 g/mol. The maximum absolute atomic E-state index is 13.6. The third-order valence-corrected chi connectivity index (χ3v) is 7.11. The zero-order chi connectivity index (χ0) is 27.0. The Hall–Kier alpha value is -4.21. The van der Waals surface area contributed by atoms with Crippen LogP contribution in [0.2, 0.25) is 0 Å². The first-order chi connectivity index (χ1) is 19.1. The number of nitrogens with one attached hydrogen (secondary N) is 2. The van der Waals surface area contributed by atoms with Gasteiger partial charge in [0, 0.05) is 17.0 Å². The number of piperidine rings is 1. The minimum Gasteiger partial charge on any atom is -0.374 e. The highest BCUT2D eigenvalue weighted by Gasteiger charge is 2.28. The van der Waals surface area contributed by atoms with Crippen molar-refractivity contribution in [1.82, 2.24) is 30.8 Å². The molecule has 0 aliphatic carbocycles. The summed E-state index contributed by atoms with van der Waals surface area (Å²) in [5, 5.41) is 17.4. The fourth-order valence-electron chi connectivity index (χ4n) is 4.83. The van der Waals surface area contributed by atoms with Crippen molar-refractivity contribution in [2.75, 3.05) is 26.7 Å². The number of amides is 1. The summed E-state index contributed by atoms with van der Waals surface area (Å²) in [6.45, 7) is 2.19.